The fourth-order valence-electron chi connectivity index (χ4n) is 1.77. The number of hydrogen-bond acceptors (Lipinski definition) is 5. The summed E-state index contributed by atoms with van der Waals surface area (Å²) in [6.07, 6.45) is 1.78. The molecule has 1 aliphatic rings. The summed E-state index contributed by atoms with van der Waals surface area (Å²) < 4.78 is 11.0. The van der Waals surface area contributed by atoms with E-state index in [0.717, 1.165) is 15.4 Å². The lowest BCUT2D eigenvalue weighted by atomic mass is 10.2. The van der Waals surface area contributed by atoms with Crippen molar-refractivity contribution in [1.29, 1.82) is 0 Å². The molecule has 4 nitrogen and oxygen atoms in total. The Kier molecular flexibility index (Phi) is 3.11. The molecule has 1 aromatic carbocycles. The van der Waals surface area contributed by atoms with Crippen molar-refractivity contribution in [2.45, 2.75) is 6.54 Å². The van der Waals surface area contributed by atoms with E-state index in [9.17, 15) is 0 Å². The standard InChI is InChI=1S/C12H11ClN2O2S/c13-9-3-7(12-15-6-8(5-14)18-12)4-10-11(9)17-2-1-16-10/h3-4,6H,1-2,5,14H2. The highest BCUT2D eigenvalue weighted by Gasteiger charge is 2.18. The topological polar surface area (TPSA) is 57.4 Å². The zero-order valence-electron chi connectivity index (χ0n) is 9.48. The van der Waals surface area contributed by atoms with Crippen LogP contribution in [0.15, 0.2) is 18.3 Å². The Balaban J connectivity index is 2.04. The van der Waals surface area contributed by atoms with Crippen LogP contribution in [0.4, 0.5) is 0 Å². The second-order valence-electron chi connectivity index (χ2n) is 3.82. The molecule has 0 saturated heterocycles. The van der Waals surface area contributed by atoms with Crippen molar-refractivity contribution >= 4 is 22.9 Å². The Hall–Kier alpha value is -1.30. The third-order valence-electron chi connectivity index (χ3n) is 2.60. The molecule has 2 N–H and O–H groups in total. The molecule has 1 aromatic heterocycles. The van der Waals surface area contributed by atoms with Gasteiger partial charge in [-0.1, -0.05) is 11.6 Å². The summed E-state index contributed by atoms with van der Waals surface area (Å²) in [5.41, 5.74) is 6.51. The molecule has 0 atom stereocenters. The van der Waals surface area contributed by atoms with E-state index >= 15 is 0 Å². The molecule has 2 heterocycles. The van der Waals surface area contributed by atoms with Crippen molar-refractivity contribution in [2.75, 3.05) is 13.2 Å². The number of thiazole rings is 1. The van der Waals surface area contributed by atoms with Crippen molar-refractivity contribution in [3.8, 4) is 22.1 Å². The van der Waals surface area contributed by atoms with E-state index < -0.39 is 0 Å². The van der Waals surface area contributed by atoms with Gasteiger partial charge in [-0.2, -0.15) is 0 Å². The quantitative estimate of drug-likeness (QED) is 0.920. The number of fused-ring (bicyclic) bond motifs is 1. The summed E-state index contributed by atoms with van der Waals surface area (Å²) in [7, 11) is 0. The summed E-state index contributed by atoms with van der Waals surface area (Å²) in [5, 5.41) is 1.43. The lowest BCUT2D eigenvalue weighted by molar-refractivity contribution is 0.172. The van der Waals surface area contributed by atoms with Gasteiger partial charge in [0.2, 0.25) is 0 Å². The van der Waals surface area contributed by atoms with Crippen LogP contribution in [-0.2, 0) is 6.54 Å². The SMILES string of the molecule is NCc1cnc(-c2cc(Cl)c3c(c2)OCCO3)s1. The van der Waals surface area contributed by atoms with E-state index in [2.05, 4.69) is 4.98 Å². The molecule has 0 saturated carbocycles. The van der Waals surface area contributed by atoms with Gasteiger partial charge in [0.1, 0.15) is 18.2 Å². The first kappa shape index (κ1) is 11.8. The first-order valence-corrected chi connectivity index (χ1v) is 6.71. The molecule has 1 aliphatic heterocycles. The van der Waals surface area contributed by atoms with Gasteiger partial charge in [0.15, 0.2) is 11.5 Å². The number of nitrogens with zero attached hydrogens (tertiary/aromatic N) is 1. The van der Waals surface area contributed by atoms with Gasteiger partial charge < -0.3 is 15.2 Å². The van der Waals surface area contributed by atoms with Crippen molar-refractivity contribution in [3.63, 3.8) is 0 Å². The molecule has 6 heteroatoms. The molecule has 0 spiro atoms. The molecule has 0 aliphatic carbocycles. The molecule has 0 fully saturated rings. The minimum atomic E-state index is 0.496. The second-order valence-corrected chi connectivity index (χ2v) is 5.34. The fraction of sp³-hybridized carbons (Fsp3) is 0.250. The summed E-state index contributed by atoms with van der Waals surface area (Å²) >= 11 is 7.74. The highest BCUT2D eigenvalue weighted by molar-refractivity contribution is 7.15. The van der Waals surface area contributed by atoms with Gasteiger partial charge in [-0.15, -0.1) is 11.3 Å². The molecule has 0 bridgehead atoms. The Morgan fingerprint density at radius 2 is 2.17 bits per heavy atom. The molecule has 94 valence electrons. The molecule has 3 rings (SSSR count). The Labute approximate surface area is 113 Å². The molecule has 18 heavy (non-hydrogen) atoms. The first-order chi connectivity index (χ1) is 8.78. The van der Waals surface area contributed by atoms with Gasteiger partial charge in [-0.3, -0.25) is 0 Å². The number of ether oxygens (including phenoxy) is 2. The number of rotatable bonds is 2. The minimum Gasteiger partial charge on any atom is -0.486 e. The number of aromatic nitrogens is 1. The van der Waals surface area contributed by atoms with Gasteiger partial charge in [0, 0.05) is 23.2 Å². The van der Waals surface area contributed by atoms with Crippen molar-refractivity contribution in [2.24, 2.45) is 5.73 Å². The lowest BCUT2D eigenvalue weighted by Gasteiger charge is -2.19. The minimum absolute atomic E-state index is 0.496. The fourth-order valence-corrected chi connectivity index (χ4v) is 2.81. The molecule has 2 aromatic rings. The lowest BCUT2D eigenvalue weighted by Crippen LogP contribution is -2.15. The van der Waals surface area contributed by atoms with Gasteiger partial charge in [0.05, 0.1) is 5.02 Å². The molecule has 0 radical (unpaired) electrons. The average molecular weight is 283 g/mol. The van der Waals surface area contributed by atoms with Crippen LogP contribution in [-0.4, -0.2) is 18.2 Å². The van der Waals surface area contributed by atoms with E-state index in [-0.39, 0.29) is 0 Å². The summed E-state index contributed by atoms with van der Waals surface area (Å²) in [4.78, 5) is 5.37. The van der Waals surface area contributed by atoms with E-state index in [1.54, 1.807) is 17.5 Å². The van der Waals surface area contributed by atoms with E-state index in [0.29, 0.717) is 36.3 Å². The Bertz CT molecular complexity index is 585. The number of nitrogens with two attached hydrogens (primary N) is 1. The summed E-state index contributed by atoms with van der Waals surface area (Å²) in [5.74, 6) is 1.29. The molecular weight excluding hydrogens is 272 g/mol. The number of hydrogen-bond donors (Lipinski definition) is 1. The van der Waals surface area contributed by atoms with Crippen LogP contribution in [0.25, 0.3) is 10.6 Å². The maximum Gasteiger partial charge on any atom is 0.179 e. The third kappa shape index (κ3) is 2.05. The molecule has 0 amide bonds. The van der Waals surface area contributed by atoms with Crippen molar-refractivity contribution in [1.82, 2.24) is 4.98 Å². The van der Waals surface area contributed by atoms with Gasteiger partial charge >= 0.3 is 0 Å². The van der Waals surface area contributed by atoms with Crippen LogP contribution >= 0.6 is 22.9 Å². The zero-order chi connectivity index (χ0) is 12.5. The van der Waals surface area contributed by atoms with Crippen LogP contribution in [0.3, 0.4) is 0 Å². The monoisotopic (exact) mass is 282 g/mol. The third-order valence-corrected chi connectivity index (χ3v) is 3.95. The van der Waals surface area contributed by atoms with Gasteiger partial charge in [-0.05, 0) is 12.1 Å². The van der Waals surface area contributed by atoms with Crippen LogP contribution < -0.4 is 15.2 Å². The maximum atomic E-state index is 6.19. The van der Waals surface area contributed by atoms with E-state index in [1.165, 1.54) is 0 Å². The summed E-state index contributed by atoms with van der Waals surface area (Å²) in [6, 6.07) is 3.74. The second kappa shape index (κ2) is 4.76. The largest absolute Gasteiger partial charge is 0.486 e. The van der Waals surface area contributed by atoms with Crippen LogP contribution in [0.5, 0.6) is 11.5 Å². The number of halogens is 1. The molecule has 0 unspecified atom stereocenters. The maximum absolute atomic E-state index is 6.19. The smallest absolute Gasteiger partial charge is 0.179 e. The predicted octanol–water partition coefficient (Wildman–Crippen LogP) is 2.69. The van der Waals surface area contributed by atoms with Crippen molar-refractivity contribution in [3.05, 3.63) is 28.2 Å². The first-order valence-electron chi connectivity index (χ1n) is 5.52. The van der Waals surface area contributed by atoms with Crippen LogP contribution in [0.2, 0.25) is 5.02 Å². The number of benzene rings is 1. The normalized spacial score (nSPS) is 13.7. The Morgan fingerprint density at radius 1 is 1.33 bits per heavy atom. The van der Waals surface area contributed by atoms with E-state index in [4.69, 9.17) is 26.8 Å². The molecular formula is C12H11ClN2O2S. The highest BCUT2D eigenvalue weighted by atomic mass is 35.5. The van der Waals surface area contributed by atoms with Crippen molar-refractivity contribution < 1.29 is 9.47 Å². The van der Waals surface area contributed by atoms with Crippen LogP contribution in [0, 0.1) is 0 Å². The highest BCUT2D eigenvalue weighted by Crippen LogP contribution is 2.41. The van der Waals surface area contributed by atoms with Crippen LogP contribution in [0.1, 0.15) is 4.88 Å². The zero-order valence-corrected chi connectivity index (χ0v) is 11.1. The summed E-state index contributed by atoms with van der Waals surface area (Å²) in [6.45, 7) is 1.56. The van der Waals surface area contributed by atoms with E-state index in [1.807, 2.05) is 12.1 Å². The van der Waals surface area contributed by atoms with Gasteiger partial charge in [0.25, 0.3) is 0 Å². The van der Waals surface area contributed by atoms with Gasteiger partial charge in [-0.25, -0.2) is 4.98 Å². The Morgan fingerprint density at radius 3 is 2.94 bits per heavy atom. The predicted molar refractivity (Wildman–Crippen MR) is 71.4 cm³/mol. The average Bonchev–Trinajstić information content (AvgIpc) is 2.87.